The number of hydrogen-bond donors (Lipinski definition) is 0. The summed E-state index contributed by atoms with van der Waals surface area (Å²) in [6.07, 6.45) is 0.785. The fourth-order valence-corrected chi connectivity index (χ4v) is 4.03. The van der Waals surface area contributed by atoms with E-state index in [4.69, 9.17) is 9.72 Å². The number of aromatic nitrogens is 1. The maximum atomic E-state index is 13.0. The van der Waals surface area contributed by atoms with Crippen molar-refractivity contribution in [2.24, 2.45) is 0 Å². The van der Waals surface area contributed by atoms with Crippen molar-refractivity contribution in [3.05, 3.63) is 75.4 Å². The van der Waals surface area contributed by atoms with Crippen LogP contribution in [0.1, 0.15) is 32.0 Å². The number of hydrogen-bond acceptors (Lipinski definition) is 5. The smallest absolute Gasteiger partial charge is 0.339 e. The van der Waals surface area contributed by atoms with Crippen LogP contribution < -0.4 is 0 Å². The number of Topliss-reactive ketones (excluding diaryl/α,β-unsaturated/α-hetero) is 1. The zero-order valence-electron chi connectivity index (χ0n) is 15.4. The summed E-state index contributed by atoms with van der Waals surface area (Å²) >= 11 is 3.36. The lowest BCUT2D eigenvalue weighted by Gasteiger charge is -2.26. The van der Waals surface area contributed by atoms with Crippen molar-refractivity contribution in [3.8, 4) is 0 Å². The molecule has 0 N–H and O–H groups in total. The molecule has 0 bridgehead atoms. The summed E-state index contributed by atoms with van der Waals surface area (Å²) < 4.78 is 6.14. The average Bonchev–Trinajstić information content (AvgIpc) is 2.70. The summed E-state index contributed by atoms with van der Waals surface area (Å²) in [5.74, 6) is -0.726. The Hall–Kier alpha value is -2.57. The predicted octanol–water partition coefficient (Wildman–Crippen LogP) is 4.02. The van der Waals surface area contributed by atoms with Gasteiger partial charge in [0.1, 0.15) is 0 Å². The number of rotatable bonds is 4. The molecule has 2 aromatic carbocycles. The second-order valence-corrected chi connectivity index (χ2v) is 7.75. The van der Waals surface area contributed by atoms with Crippen LogP contribution >= 0.6 is 15.9 Å². The molecule has 1 aromatic heterocycles. The van der Waals surface area contributed by atoms with E-state index < -0.39 is 5.97 Å². The van der Waals surface area contributed by atoms with E-state index in [-0.39, 0.29) is 12.4 Å². The molecule has 1 aliphatic heterocycles. The van der Waals surface area contributed by atoms with Crippen molar-refractivity contribution in [3.63, 3.8) is 0 Å². The molecule has 28 heavy (non-hydrogen) atoms. The van der Waals surface area contributed by atoms with E-state index in [9.17, 15) is 9.59 Å². The number of benzene rings is 2. The zero-order valence-corrected chi connectivity index (χ0v) is 17.0. The quantitative estimate of drug-likeness (QED) is 0.454. The highest BCUT2D eigenvalue weighted by molar-refractivity contribution is 9.10. The summed E-state index contributed by atoms with van der Waals surface area (Å²) in [5.41, 5.74) is 3.62. The van der Waals surface area contributed by atoms with Crippen LogP contribution in [0.4, 0.5) is 0 Å². The van der Waals surface area contributed by atoms with Crippen molar-refractivity contribution in [1.29, 1.82) is 0 Å². The van der Waals surface area contributed by atoms with Gasteiger partial charge in [-0.1, -0.05) is 52.3 Å². The van der Waals surface area contributed by atoms with Crippen LogP contribution in [-0.2, 0) is 17.7 Å². The van der Waals surface area contributed by atoms with Crippen LogP contribution in [0.25, 0.3) is 10.9 Å². The van der Waals surface area contributed by atoms with E-state index in [0.717, 1.165) is 35.1 Å². The maximum Gasteiger partial charge on any atom is 0.339 e. The number of nitrogens with zero attached hydrogens (tertiary/aromatic N) is 2. The number of ketones is 1. The van der Waals surface area contributed by atoms with Crippen LogP contribution in [0.5, 0.6) is 0 Å². The summed E-state index contributed by atoms with van der Waals surface area (Å²) in [4.78, 5) is 32.4. The molecule has 0 unspecified atom stereocenters. The Morgan fingerprint density at radius 1 is 1.14 bits per heavy atom. The van der Waals surface area contributed by atoms with Gasteiger partial charge >= 0.3 is 5.97 Å². The van der Waals surface area contributed by atoms with Crippen LogP contribution in [0.15, 0.2) is 53.0 Å². The first-order valence-electron chi connectivity index (χ1n) is 9.08. The van der Waals surface area contributed by atoms with Crippen LogP contribution in [0.2, 0.25) is 0 Å². The number of carbonyl (C=O) groups is 2. The Bertz CT molecular complexity index is 1080. The van der Waals surface area contributed by atoms with Crippen LogP contribution in [0.3, 0.4) is 0 Å². The monoisotopic (exact) mass is 438 g/mol. The van der Waals surface area contributed by atoms with Gasteiger partial charge < -0.3 is 9.64 Å². The van der Waals surface area contributed by atoms with E-state index in [0.29, 0.717) is 22.1 Å². The van der Waals surface area contributed by atoms with Gasteiger partial charge in [0.05, 0.1) is 11.1 Å². The van der Waals surface area contributed by atoms with Gasteiger partial charge in [-0.05, 0) is 19.2 Å². The van der Waals surface area contributed by atoms with Gasteiger partial charge in [-0.25, -0.2) is 4.79 Å². The zero-order chi connectivity index (χ0) is 19.7. The van der Waals surface area contributed by atoms with E-state index in [2.05, 4.69) is 20.8 Å². The molecule has 0 fully saturated rings. The van der Waals surface area contributed by atoms with Crippen molar-refractivity contribution < 1.29 is 14.3 Å². The second kappa shape index (κ2) is 7.81. The third kappa shape index (κ3) is 3.57. The normalized spacial score (nSPS) is 13.9. The molecular formula is C22H19BrN2O3. The van der Waals surface area contributed by atoms with E-state index in [1.54, 1.807) is 18.2 Å². The van der Waals surface area contributed by atoms with Gasteiger partial charge in [-0.3, -0.25) is 9.78 Å². The Labute approximate surface area is 171 Å². The molecule has 0 aliphatic carbocycles. The number of esters is 1. The Morgan fingerprint density at radius 2 is 1.89 bits per heavy atom. The van der Waals surface area contributed by atoms with Gasteiger partial charge in [-0.15, -0.1) is 0 Å². The fraction of sp³-hybridized carbons (Fsp3) is 0.227. The minimum Gasteiger partial charge on any atom is -0.454 e. The number of para-hydroxylation sites is 1. The molecule has 1 aliphatic rings. The number of carbonyl (C=O) groups excluding carboxylic acids is 2. The first kappa shape index (κ1) is 18.8. The Balaban J connectivity index is 1.66. The van der Waals surface area contributed by atoms with Gasteiger partial charge in [0.2, 0.25) is 5.78 Å². The lowest BCUT2D eigenvalue weighted by atomic mass is 9.96. The molecule has 0 saturated heterocycles. The number of likely N-dealkylation sites (N-methyl/N-ethyl adjacent to an activating group) is 1. The summed E-state index contributed by atoms with van der Waals surface area (Å²) in [7, 11) is 2.02. The minimum atomic E-state index is -0.481. The molecule has 0 amide bonds. The van der Waals surface area contributed by atoms with Crippen molar-refractivity contribution in [2.45, 2.75) is 13.0 Å². The lowest BCUT2D eigenvalue weighted by molar-refractivity contribution is 0.0474. The molecule has 3 aromatic rings. The van der Waals surface area contributed by atoms with Gasteiger partial charge in [0, 0.05) is 46.2 Å². The van der Waals surface area contributed by atoms with E-state index in [1.165, 1.54) is 0 Å². The third-order valence-electron chi connectivity index (χ3n) is 4.95. The van der Waals surface area contributed by atoms with Crippen molar-refractivity contribution in [2.75, 3.05) is 20.2 Å². The number of halogens is 1. The van der Waals surface area contributed by atoms with E-state index in [1.807, 2.05) is 37.4 Å². The van der Waals surface area contributed by atoms with E-state index >= 15 is 0 Å². The van der Waals surface area contributed by atoms with Gasteiger partial charge in [-0.2, -0.15) is 0 Å². The predicted molar refractivity (Wildman–Crippen MR) is 111 cm³/mol. The first-order chi connectivity index (χ1) is 13.5. The average molecular weight is 439 g/mol. The standard InChI is InChI=1S/C22H19BrN2O3/c1-25-11-10-19-16(12-25)21(15-7-3-5-9-18(15)24-19)22(27)28-13-20(26)14-6-2-4-8-17(14)23/h2-9H,10-13H2,1H3. The Morgan fingerprint density at radius 3 is 2.71 bits per heavy atom. The van der Waals surface area contributed by atoms with Crippen molar-refractivity contribution in [1.82, 2.24) is 9.88 Å². The molecule has 4 rings (SSSR count). The molecule has 0 atom stereocenters. The topological polar surface area (TPSA) is 59.5 Å². The SMILES string of the molecule is CN1CCc2nc3ccccc3c(C(=O)OCC(=O)c3ccccc3Br)c2C1. The molecule has 2 heterocycles. The summed E-state index contributed by atoms with van der Waals surface area (Å²) in [6, 6.07) is 14.7. The highest BCUT2D eigenvalue weighted by Crippen LogP contribution is 2.28. The number of fused-ring (bicyclic) bond motifs is 2. The van der Waals surface area contributed by atoms with Gasteiger partial charge in [0.25, 0.3) is 0 Å². The largest absolute Gasteiger partial charge is 0.454 e. The van der Waals surface area contributed by atoms with Crippen LogP contribution in [0, 0.1) is 0 Å². The second-order valence-electron chi connectivity index (χ2n) is 6.90. The first-order valence-corrected chi connectivity index (χ1v) is 9.88. The van der Waals surface area contributed by atoms with Crippen molar-refractivity contribution >= 4 is 38.6 Å². The van der Waals surface area contributed by atoms with Crippen LogP contribution in [-0.4, -0.2) is 41.8 Å². The summed E-state index contributed by atoms with van der Waals surface area (Å²) in [6.45, 7) is 1.23. The fourth-order valence-electron chi connectivity index (χ4n) is 3.53. The Kier molecular flexibility index (Phi) is 5.24. The summed E-state index contributed by atoms with van der Waals surface area (Å²) in [5, 5.41) is 0.759. The maximum absolute atomic E-state index is 13.0. The van der Waals surface area contributed by atoms with Gasteiger partial charge in [0.15, 0.2) is 6.61 Å². The third-order valence-corrected chi connectivity index (χ3v) is 5.64. The number of pyridine rings is 1. The molecule has 0 radical (unpaired) electrons. The molecule has 6 heteroatoms. The lowest BCUT2D eigenvalue weighted by Crippen LogP contribution is -2.29. The minimum absolute atomic E-state index is 0.245. The molecule has 5 nitrogen and oxygen atoms in total. The highest BCUT2D eigenvalue weighted by atomic mass is 79.9. The number of ether oxygens (including phenoxy) is 1. The molecule has 0 saturated carbocycles. The molecule has 142 valence electrons. The molecule has 0 spiro atoms. The molecular weight excluding hydrogens is 420 g/mol. The highest BCUT2D eigenvalue weighted by Gasteiger charge is 2.26.